The SMILES string of the molecule is CC(CC(N)=O)NS(=O)(=O)c1cccc(C#CCO)c1. The highest BCUT2D eigenvalue weighted by atomic mass is 32.2. The standard InChI is InChI=1S/C13H16N2O4S/c1-10(8-13(14)17)15-20(18,19)12-6-2-4-11(9-12)5-3-7-16/h2,4,6,9-10,15-16H,7-8H2,1H3,(H2,14,17). The Labute approximate surface area is 118 Å². The van der Waals surface area contributed by atoms with Gasteiger partial charge in [-0.05, 0) is 25.1 Å². The minimum absolute atomic E-state index is 0.0403. The van der Waals surface area contributed by atoms with Gasteiger partial charge in [-0.2, -0.15) is 0 Å². The molecule has 0 saturated carbocycles. The lowest BCUT2D eigenvalue weighted by Crippen LogP contribution is -2.35. The number of hydrogen-bond donors (Lipinski definition) is 3. The Hall–Kier alpha value is -1.88. The van der Waals surface area contributed by atoms with Gasteiger partial charge in [0.15, 0.2) is 0 Å². The second-order valence-electron chi connectivity index (χ2n) is 4.18. The number of sulfonamides is 1. The van der Waals surface area contributed by atoms with Gasteiger partial charge >= 0.3 is 0 Å². The zero-order valence-corrected chi connectivity index (χ0v) is 11.8. The van der Waals surface area contributed by atoms with Crippen molar-refractivity contribution in [3.05, 3.63) is 29.8 Å². The lowest BCUT2D eigenvalue weighted by Gasteiger charge is -2.12. The Morgan fingerprint density at radius 2 is 2.20 bits per heavy atom. The molecule has 1 amide bonds. The van der Waals surface area contributed by atoms with Crippen LogP contribution in [0.5, 0.6) is 0 Å². The fraction of sp³-hybridized carbons (Fsp3) is 0.308. The van der Waals surface area contributed by atoms with Crippen LogP contribution in [0.15, 0.2) is 29.2 Å². The number of amides is 1. The minimum Gasteiger partial charge on any atom is -0.384 e. The number of rotatable bonds is 5. The molecule has 0 aliphatic rings. The highest BCUT2D eigenvalue weighted by Gasteiger charge is 2.18. The Kier molecular flexibility index (Phi) is 5.70. The fourth-order valence-corrected chi connectivity index (χ4v) is 2.85. The number of nitrogens with one attached hydrogen (secondary N) is 1. The van der Waals surface area contributed by atoms with Crippen LogP contribution in [0.1, 0.15) is 18.9 Å². The van der Waals surface area contributed by atoms with E-state index in [4.69, 9.17) is 10.8 Å². The molecule has 1 aromatic rings. The maximum absolute atomic E-state index is 12.1. The van der Waals surface area contributed by atoms with Crippen LogP contribution in [0, 0.1) is 11.8 Å². The van der Waals surface area contributed by atoms with Crippen molar-refractivity contribution in [3.8, 4) is 11.8 Å². The van der Waals surface area contributed by atoms with Crippen molar-refractivity contribution in [1.29, 1.82) is 0 Å². The van der Waals surface area contributed by atoms with E-state index in [9.17, 15) is 13.2 Å². The number of carbonyl (C=O) groups is 1. The molecule has 7 heteroatoms. The average molecular weight is 296 g/mol. The number of hydrogen-bond acceptors (Lipinski definition) is 4. The molecule has 6 nitrogen and oxygen atoms in total. The molecule has 0 aliphatic heterocycles. The van der Waals surface area contributed by atoms with Crippen LogP contribution in [-0.4, -0.2) is 32.1 Å². The van der Waals surface area contributed by atoms with Crippen molar-refractivity contribution >= 4 is 15.9 Å². The predicted molar refractivity (Wildman–Crippen MR) is 74.0 cm³/mol. The van der Waals surface area contributed by atoms with Gasteiger partial charge in [-0.1, -0.05) is 17.9 Å². The molecule has 1 atom stereocenters. The normalized spacial score (nSPS) is 12.3. The first-order valence-corrected chi connectivity index (χ1v) is 7.34. The van der Waals surface area contributed by atoms with Crippen molar-refractivity contribution in [2.24, 2.45) is 5.73 Å². The molecule has 20 heavy (non-hydrogen) atoms. The summed E-state index contributed by atoms with van der Waals surface area (Å²) in [6.45, 7) is 1.25. The van der Waals surface area contributed by atoms with E-state index in [2.05, 4.69) is 16.6 Å². The van der Waals surface area contributed by atoms with Gasteiger partial charge in [0, 0.05) is 18.0 Å². The molecule has 1 rings (SSSR count). The van der Waals surface area contributed by atoms with Crippen LogP contribution in [0.2, 0.25) is 0 Å². The van der Waals surface area contributed by atoms with Gasteiger partial charge in [0.05, 0.1) is 4.90 Å². The lowest BCUT2D eigenvalue weighted by atomic mass is 10.2. The second kappa shape index (κ2) is 7.05. The number of nitrogens with two attached hydrogens (primary N) is 1. The molecule has 0 fully saturated rings. The third-order valence-corrected chi connectivity index (χ3v) is 3.91. The van der Waals surface area contributed by atoms with Crippen LogP contribution in [0.3, 0.4) is 0 Å². The second-order valence-corrected chi connectivity index (χ2v) is 5.89. The summed E-state index contributed by atoms with van der Waals surface area (Å²) >= 11 is 0. The molecule has 0 bridgehead atoms. The zero-order valence-electron chi connectivity index (χ0n) is 11.0. The van der Waals surface area contributed by atoms with Crippen LogP contribution in [0.25, 0.3) is 0 Å². The number of primary amides is 1. The van der Waals surface area contributed by atoms with Gasteiger partial charge < -0.3 is 10.8 Å². The first-order chi connectivity index (χ1) is 9.35. The summed E-state index contributed by atoms with van der Waals surface area (Å²) in [6.07, 6.45) is -0.0801. The quantitative estimate of drug-likeness (QED) is 0.641. The summed E-state index contributed by atoms with van der Waals surface area (Å²) in [4.78, 5) is 10.8. The van der Waals surface area contributed by atoms with Gasteiger partial charge in [-0.25, -0.2) is 13.1 Å². The summed E-state index contributed by atoms with van der Waals surface area (Å²) in [5.74, 6) is 4.48. The number of aliphatic hydroxyl groups is 1. The van der Waals surface area contributed by atoms with E-state index in [1.807, 2.05) is 0 Å². The predicted octanol–water partition coefficient (Wildman–Crippen LogP) is -0.427. The average Bonchev–Trinajstić information content (AvgIpc) is 2.35. The zero-order chi connectivity index (χ0) is 15.2. The van der Waals surface area contributed by atoms with E-state index in [0.717, 1.165) is 0 Å². The van der Waals surface area contributed by atoms with Crippen molar-refractivity contribution in [3.63, 3.8) is 0 Å². The van der Waals surface area contributed by atoms with Crippen molar-refractivity contribution < 1.29 is 18.3 Å². The molecule has 1 unspecified atom stereocenters. The maximum atomic E-state index is 12.1. The molecule has 1 aromatic carbocycles. The van der Waals surface area contributed by atoms with Gasteiger partial charge in [0.2, 0.25) is 15.9 Å². The molecular formula is C13H16N2O4S. The third kappa shape index (κ3) is 5.01. The van der Waals surface area contributed by atoms with Crippen LogP contribution < -0.4 is 10.5 Å². The van der Waals surface area contributed by atoms with Gasteiger partial charge in [0.1, 0.15) is 6.61 Å². The first kappa shape index (κ1) is 16.2. The molecule has 4 N–H and O–H groups in total. The van der Waals surface area contributed by atoms with E-state index in [-0.39, 0.29) is 17.9 Å². The Morgan fingerprint density at radius 1 is 1.50 bits per heavy atom. The van der Waals surface area contributed by atoms with Crippen LogP contribution >= 0.6 is 0 Å². The molecule has 108 valence electrons. The van der Waals surface area contributed by atoms with Crippen LogP contribution in [-0.2, 0) is 14.8 Å². The largest absolute Gasteiger partial charge is 0.384 e. The molecule has 0 saturated heterocycles. The van der Waals surface area contributed by atoms with E-state index in [0.29, 0.717) is 5.56 Å². The summed E-state index contributed by atoms with van der Waals surface area (Å²) < 4.78 is 26.5. The van der Waals surface area contributed by atoms with Gasteiger partial charge in [-0.3, -0.25) is 4.79 Å². The maximum Gasteiger partial charge on any atom is 0.240 e. The third-order valence-electron chi connectivity index (χ3n) is 2.32. The number of aliphatic hydroxyl groups excluding tert-OH is 1. The topological polar surface area (TPSA) is 109 Å². The van der Waals surface area contributed by atoms with E-state index < -0.39 is 22.0 Å². The molecule has 0 aliphatic carbocycles. The van der Waals surface area contributed by atoms with Gasteiger partial charge in [-0.15, -0.1) is 0 Å². The first-order valence-electron chi connectivity index (χ1n) is 5.85. The lowest BCUT2D eigenvalue weighted by molar-refractivity contribution is -0.118. The fourth-order valence-electron chi connectivity index (χ4n) is 1.56. The van der Waals surface area contributed by atoms with Gasteiger partial charge in [0.25, 0.3) is 0 Å². The molecule has 0 heterocycles. The molecule has 0 spiro atoms. The highest BCUT2D eigenvalue weighted by molar-refractivity contribution is 7.89. The summed E-state index contributed by atoms with van der Waals surface area (Å²) in [5.41, 5.74) is 5.49. The molecule has 0 radical (unpaired) electrons. The highest BCUT2D eigenvalue weighted by Crippen LogP contribution is 2.12. The van der Waals surface area contributed by atoms with Crippen LogP contribution in [0.4, 0.5) is 0 Å². The molecule has 0 aromatic heterocycles. The van der Waals surface area contributed by atoms with E-state index in [1.165, 1.54) is 12.1 Å². The Bertz CT molecular complexity index is 644. The van der Waals surface area contributed by atoms with E-state index >= 15 is 0 Å². The smallest absolute Gasteiger partial charge is 0.240 e. The number of benzene rings is 1. The Morgan fingerprint density at radius 3 is 2.80 bits per heavy atom. The molecular weight excluding hydrogens is 280 g/mol. The summed E-state index contributed by atoms with van der Waals surface area (Å²) in [6, 6.07) is 5.40. The van der Waals surface area contributed by atoms with Crippen molar-refractivity contribution in [1.82, 2.24) is 4.72 Å². The van der Waals surface area contributed by atoms with Crippen molar-refractivity contribution in [2.75, 3.05) is 6.61 Å². The summed E-state index contributed by atoms with van der Waals surface area (Å²) in [7, 11) is -3.74. The summed E-state index contributed by atoms with van der Waals surface area (Å²) in [5, 5.41) is 8.61. The van der Waals surface area contributed by atoms with Crippen molar-refractivity contribution in [2.45, 2.75) is 24.3 Å². The minimum atomic E-state index is -3.74. The van der Waals surface area contributed by atoms with E-state index in [1.54, 1.807) is 19.1 Å². The monoisotopic (exact) mass is 296 g/mol. The Balaban J connectivity index is 2.95. The number of carbonyl (C=O) groups excluding carboxylic acids is 1.